The Morgan fingerprint density at radius 1 is 1.45 bits per heavy atom. The second kappa shape index (κ2) is 7.11. The van der Waals surface area contributed by atoms with E-state index in [9.17, 15) is 4.79 Å². The summed E-state index contributed by atoms with van der Waals surface area (Å²) >= 11 is 5.99. The minimum Gasteiger partial charge on any atom is -0.342 e. The summed E-state index contributed by atoms with van der Waals surface area (Å²) in [7, 11) is 1.85. The Morgan fingerprint density at radius 3 is 2.80 bits per heavy atom. The number of hydrogen-bond acceptors (Lipinski definition) is 3. The molecule has 0 aromatic carbocycles. The summed E-state index contributed by atoms with van der Waals surface area (Å²) in [5, 5.41) is 3.94. The highest BCUT2D eigenvalue weighted by Crippen LogP contribution is 2.15. The van der Waals surface area contributed by atoms with Crippen LogP contribution >= 0.6 is 11.6 Å². The highest BCUT2D eigenvalue weighted by Gasteiger charge is 2.18. The number of hydrogen-bond donors (Lipinski definition) is 1. The number of halogens is 1. The predicted octanol–water partition coefficient (Wildman–Crippen LogP) is 1.14. The van der Waals surface area contributed by atoms with Crippen LogP contribution in [0, 0.1) is 0 Å². The highest BCUT2D eigenvalue weighted by molar-refractivity contribution is 6.31. The molecule has 6 heteroatoms. The fraction of sp³-hybridized carbons (Fsp3) is 0.643. The van der Waals surface area contributed by atoms with Gasteiger partial charge in [0, 0.05) is 59.1 Å². The van der Waals surface area contributed by atoms with Gasteiger partial charge in [-0.05, 0) is 13.0 Å². The largest absolute Gasteiger partial charge is 0.342 e. The SMILES string of the molecule is CCn1cc(Cl)cc1C(=O)N(C)CCN1CCNCC1. The van der Waals surface area contributed by atoms with Crippen molar-refractivity contribution in [1.82, 2.24) is 19.7 Å². The van der Waals surface area contributed by atoms with E-state index >= 15 is 0 Å². The van der Waals surface area contributed by atoms with Gasteiger partial charge >= 0.3 is 0 Å². The van der Waals surface area contributed by atoms with Gasteiger partial charge in [-0.2, -0.15) is 0 Å². The van der Waals surface area contributed by atoms with E-state index in [2.05, 4.69) is 10.2 Å². The molecule has 1 aromatic rings. The molecule has 1 saturated heterocycles. The zero-order valence-corrected chi connectivity index (χ0v) is 13.0. The van der Waals surface area contributed by atoms with Crippen LogP contribution in [0.25, 0.3) is 0 Å². The highest BCUT2D eigenvalue weighted by atomic mass is 35.5. The maximum Gasteiger partial charge on any atom is 0.270 e. The fourth-order valence-electron chi connectivity index (χ4n) is 2.44. The van der Waals surface area contributed by atoms with Crippen LogP contribution in [0.1, 0.15) is 17.4 Å². The average molecular weight is 299 g/mol. The number of aryl methyl sites for hydroxylation is 1. The summed E-state index contributed by atoms with van der Waals surface area (Å²) in [4.78, 5) is 16.6. The Bertz CT molecular complexity index is 454. The monoisotopic (exact) mass is 298 g/mol. The van der Waals surface area contributed by atoms with E-state index < -0.39 is 0 Å². The summed E-state index contributed by atoms with van der Waals surface area (Å²) in [5.41, 5.74) is 0.667. The third kappa shape index (κ3) is 3.75. The molecule has 0 unspecified atom stereocenters. The Hall–Kier alpha value is -1.04. The first kappa shape index (κ1) is 15.4. The molecular formula is C14H23ClN4O. The first-order valence-corrected chi connectivity index (χ1v) is 7.54. The zero-order chi connectivity index (χ0) is 14.5. The van der Waals surface area contributed by atoms with Crippen molar-refractivity contribution in [2.45, 2.75) is 13.5 Å². The normalized spacial score (nSPS) is 16.4. The topological polar surface area (TPSA) is 40.5 Å². The molecule has 2 heterocycles. The second-order valence-corrected chi connectivity index (χ2v) is 5.58. The van der Waals surface area contributed by atoms with Crippen molar-refractivity contribution < 1.29 is 4.79 Å². The van der Waals surface area contributed by atoms with Crippen LogP contribution in [0.4, 0.5) is 0 Å². The van der Waals surface area contributed by atoms with Crippen LogP contribution in [0.5, 0.6) is 0 Å². The fourth-order valence-corrected chi connectivity index (χ4v) is 2.66. The quantitative estimate of drug-likeness (QED) is 0.886. The number of aromatic nitrogens is 1. The van der Waals surface area contributed by atoms with Gasteiger partial charge in [0.1, 0.15) is 5.69 Å². The molecule has 1 fully saturated rings. The maximum atomic E-state index is 12.4. The summed E-state index contributed by atoms with van der Waals surface area (Å²) in [6.45, 7) is 8.60. The van der Waals surface area contributed by atoms with Gasteiger partial charge in [-0.15, -0.1) is 0 Å². The lowest BCUT2D eigenvalue weighted by atomic mass is 10.3. The summed E-state index contributed by atoms with van der Waals surface area (Å²) < 4.78 is 1.89. The van der Waals surface area contributed by atoms with Gasteiger partial charge < -0.3 is 14.8 Å². The summed E-state index contributed by atoms with van der Waals surface area (Å²) in [6.07, 6.45) is 1.80. The Balaban J connectivity index is 1.90. The molecule has 2 rings (SSSR count). The van der Waals surface area contributed by atoms with Gasteiger partial charge in [-0.25, -0.2) is 0 Å². The van der Waals surface area contributed by atoms with Crippen LogP contribution in [0.15, 0.2) is 12.3 Å². The number of rotatable bonds is 5. The van der Waals surface area contributed by atoms with Crippen molar-refractivity contribution >= 4 is 17.5 Å². The summed E-state index contributed by atoms with van der Waals surface area (Å²) in [6, 6.07) is 1.74. The third-order valence-electron chi connectivity index (χ3n) is 3.73. The molecule has 0 spiro atoms. The average Bonchev–Trinajstić information content (AvgIpc) is 2.86. The van der Waals surface area contributed by atoms with Crippen molar-refractivity contribution in [3.8, 4) is 0 Å². The molecule has 112 valence electrons. The molecule has 1 N–H and O–H groups in total. The molecule has 0 bridgehead atoms. The number of carbonyl (C=O) groups is 1. The van der Waals surface area contributed by atoms with E-state index in [0.717, 1.165) is 45.8 Å². The van der Waals surface area contributed by atoms with Crippen LogP contribution < -0.4 is 5.32 Å². The van der Waals surface area contributed by atoms with Gasteiger partial charge in [0.25, 0.3) is 5.91 Å². The van der Waals surface area contributed by atoms with E-state index in [1.807, 2.05) is 18.5 Å². The number of nitrogens with one attached hydrogen (secondary N) is 1. The van der Waals surface area contributed by atoms with E-state index in [1.54, 1.807) is 17.2 Å². The summed E-state index contributed by atoms with van der Waals surface area (Å²) in [5.74, 6) is 0.0360. The van der Waals surface area contributed by atoms with E-state index in [4.69, 9.17) is 11.6 Å². The first-order chi connectivity index (χ1) is 9.61. The van der Waals surface area contributed by atoms with Crippen molar-refractivity contribution in [2.24, 2.45) is 0 Å². The minimum absolute atomic E-state index is 0.0360. The van der Waals surface area contributed by atoms with E-state index in [0.29, 0.717) is 10.7 Å². The molecular weight excluding hydrogens is 276 g/mol. The lowest BCUT2D eigenvalue weighted by Gasteiger charge is -2.29. The van der Waals surface area contributed by atoms with Crippen molar-refractivity contribution in [3.63, 3.8) is 0 Å². The lowest BCUT2D eigenvalue weighted by Crippen LogP contribution is -2.46. The molecule has 1 aliphatic heterocycles. The molecule has 20 heavy (non-hydrogen) atoms. The molecule has 0 saturated carbocycles. The number of likely N-dealkylation sites (N-methyl/N-ethyl adjacent to an activating group) is 1. The molecule has 1 amide bonds. The van der Waals surface area contributed by atoms with Crippen LogP contribution in [-0.2, 0) is 6.54 Å². The molecule has 5 nitrogen and oxygen atoms in total. The zero-order valence-electron chi connectivity index (χ0n) is 12.2. The maximum absolute atomic E-state index is 12.4. The molecule has 0 aliphatic carbocycles. The second-order valence-electron chi connectivity index (χ2n) is 5.15. The van der Waals surface area contributed by atoms with Gasteiger partial charge in [0.2, 0.25) is 0 Å². The molecule has 0 radical (unpaired) electrons. The number of nitrogens with zero attached hydrogens (tertiary/aromatic N) is 3. The van der Waals surface area contributed by atoms with Crippen LogP contribution in [0.3, 0.4) is 0 Å². The molecule has 1 aliphatic rings. The smallest absolute Gasteiger partial charge is 0.270 e. The number of amides is 1. The Kier molecular flexibility index (Phi) is 5.46. The molecule has 0 atom stereocenters. The lowest BCUT2D eigenvalue weighted by molar-refractivity contribution is 0.0764. The van der Waals surface area contributed by atoms with Crippen LogP contribution in [0.2, 0.25) is 5.02 Å². The van der Waals surface area contributed by atoms with Crippen molar-refractivity contribution in [3.05, 3.63) is 23.0 Å². The van der Waals surface area contributed by atoms with Gasteiger partial charge in [-0.1, -0.05) is 11.6 Å². The van der Waals surface area contributed by atoms with E-state index in [-0.39, 0.29) is 5.91 Å². The van der Waals surface area contributed by atoms with Crippen LogP contribution in [-0.4, -0.2) is 66.6 Å². The Labute approximate surface area is 125 Å². The first-order valence-electron chi connectivity index (χ1n) is 7.16. The third-order valence-corrected chi connectivity index (χ3v) is 3.94. The number of piperazine rings is 1. The minimum atomic E-state index is 0.0360. The Morgan fingerprint density at radius 2 is 2.15 bits per heavy atom. The van der Waals surface area contributed by atoms with Crippen molar-refractivity contribution in [1.29, 1.82) is 0 Å². The predicted molar refractivity (Wildman–Crippen MR) is 81.4 cm³/mol. The number of carbonyl (C=O) groups excluding carboxylic acids is 1. The van der Waals surface area contributed by atoms with Crippen molar-refractivity contribution in [2.75, 3.05) is 46.3 Å². The van der Waals surface area contributed by atoms with Gasteiger partial charge in [-0.3, -0.25) is 9.69 Å². The van der Waals surface area contributed by atoms with Gasteiger partial charge in [0.05, 0.1) is 5.02 Å². The standard InChI is InChI=1S/C14H23ClN4O/c1-3-19-11-12(15)10-13(19)14(20)17(2)8-9-18-6-4-16-5-7-18/h10-11,16H,3-9H2,1-2H3. The van der Waals surface area contributed by atoms with Gasteiger partial charge in [0.15, 0.2) is 0 Å². The molecule has 1 aromatic heterocycles. The van der Waals surface area contributed by atoms with E-state index in [1.165, 1.54) is 0 Å².